The van der Waals surface area contributed by atoms with Crippen LogP contribution in [0.5, 0.6) is 0 Å². The molecule has 0 bridgehead atoms. The van der Waals surface area contributed by atoms with Crippen molar-refractivity contribution in [2.24, 2.45) is 0 Å². The van der Waals surface area contributed by atoms with Gasteiger partial charge in [0.05, 0.1) is 23.8 Å². The number of hydrogen-bond donors (Lipinski definition) is 2. The Morgan fingerprint density at radius 2 is 1.73 bits per heavy atom. The lowest BCUT2D eigenvalue weighted by Gasteiger charge is -2.18. The smallest absolute Gasteiger partial charge is 0.244 e. The van der Waals surface area contributed by atoms with Gasteiger partial charge in [0.1, 0.15) is 0 Å². The van der Waals surface area contributed by atoms with Crippen molar-refractivity contribution in [3.63, 3.8) is 0 Å². The van der Waals surface area contributed by atoms with Crippen molar-refractivity contribution in [1.29, 1.82) is 0 Å². The van der Waals surface area contributed by atoms with E-state index in [2.05, 4.69) is 24.5 Å². The molecule has 2 amide bonds. The predicted octanol–water partition coefficient (Wildman–Crippen LogP) is 3.97. The molecule has 0 saturated heterocycles. The first-order valence-corrected chi connectivity index (χ1v) is 8.86. The molecule has 138 valence electrons. The third-order valence-corrected chi connectivity index (χ3v) is 4.31. The molecule has 0 fully saturated rings. The minimum absolute atomic E-state index is 0.0436. The average Bonchev–Trinajstić information content (AvgIpc) is 2.61. The number of amides is 2. The van der Waals surface area contributed by atoms with Crippen LogP contribution in [0, 0.1) is 0 Å². The number of benzene rings is 2. The molecule has 0 saturated carbocycles. The maximum absolute atomic E-state index is 12.2. The predicted molar refractivity (Wildman–Crippen MR) is 107 cm³/mol. The third-order valence-electron chi connectivity index (χ3n) is 3.98. The maximum atomic E-state index is 12.2. The molecule has 2 rings (SSSR count). The summed E-state index contributed by atoms with van der Waals surface area (Å²) in [7, 11) is 1.60. The normalized spacial score (nSPS) is 10.5. The van der Waals surface area contributed by atoms with Gasteiger partial charge in [0.15, 0.2) is 0 Å². The summed E-state index contributed by atoms with van der Waals surface area (Å²) >= 11 is 6.01. The summed E-state index contributed by atoms with van der Waals surface area (Å²) in [4.78, 5) is 25.7. The topological polar surface area (TPSA) is 61.4 Å². The molecule has 0 unspecified atom stereocenters. The Morgan fingerprint density at radius 3 is 2.35 bits per heavy atom. The van der Waals surface area contributed by atoms with Gasteiger partial charge in [-0.15, -0.1) is 0 Å². The lowest BCUT2D eigenvalue weighted by atomic mass is 10.0. The maximum Gasteiger partial charge on any atom is 0.244 e. The van der Waals surface area contributed by atoms with E-state index in [0.717, 1.165) is 5.69 Å². The first kappa shape index (κ1) is 19.8. The van der Waals surface area contributed by atoms with Crippen LogP contribution in [0.1, 0.15) is 25.3 Å². The number of anilines is 2. The molecule has 26 heavy (non-hydrogen) atoms. The largest absolute Gasteiger partial charge is 0.376 e. The molecule has 0 aromatic heterocycles. The monoisotopic (exact) mass is 373 g/mol. The van der Waals surface area contributed by atoms with Gasteiger partial charge in [-0.2, -0.15) is 0 Å². The average molecular weight is 374 g/mol. The van der Waals surface area contributed by atoms with Gasteiger partial charge >= 0.3 is 0 Å². The molecule has 0 aliphatic carbocycles. The van der Waals surface area contributed by atoms with Crippen molar-refractivity contribution >= 4 is 34.8 Å². The molecule has 2 aromatic carbocycles. The van der Waals surface area contributed by atoms with Crippen LogP contribution in [0.3, 0.4) is 0 Å². The summed E-state index contributed by atoms with van der Waals surface area (Å²) in [6, 6.07) is 15.0. The zero-order chi connectivity index (χ0) is 19.1. The number of rotatable bonds is 7. The van der Waals surface area contributed by atoms with E-state index in [4.69, 9.17) is 11.6 Å². The fraction of sp³-hybridized carbons (Fsp3) is 0.300. The van der Waals surface area contributed by atoms with Gasteiger partial charge in [-0.25, -0.2) is 0 Å². The third kappa shape index (κ3) is 5.77. The highest BCUT2D eigenvalue weighted by Gasteiger charge is 2.13. The van der Waals surface area contributed by atoms with E-state index in [-0.39, 0.29) is 24.9 Å². The lowest BCUT2D eigenvalue weighted by molar-refractivity contribution is -0.131. The number of likely N-dealkylation sites (N-methyl/N-ethyl adjacent to an activating group) is 1. The van der Waals surface area contributed by atoms with Gasteiger partial charge in [0, 0.05) is 12.7 Å². The zero-order valence-electron chi connectivity index (χ0n) is 15.3. The Bertz CT molecular complexity index is 760. The first-order valence-electron chi connectivity index (χ1n) is 8.49. The molecule has 2 N–H and O–H groups in total. The Hall–Kier alpha value is -2.53. The highest BCUT2D eigenvalue weighted by atomic mass is 35.5. The molecule has 0 atom stereocenters. The van der Waals surface area contributed by atoms with Crippen LogP contribution in [0.4, 0.5) is 11.4 Å². The van der Waals surface area contributed by atoms with Crippen LogP contribution in [0.15, 0.2) is 48.5 Å². The van der Waals surface area contributed by atoms with Crippen molar-refractivity contribution in [3.8, 4) is 0 Å². The molecule has 0 aliphatic heterocycles. The van der Waals surface area contributed by atoms with E-state index in [1.54, 1.807) is 31.3 Å². The molecule has 2 aromatic rings. The van der Waals surface area contributed by atoms with Gasteiger partial charge in [0.25, 0.3) is 0 Å². The second-order valence-electron chi connectivity index (χ2n) is 6.41. The van der Waals surface area contributed by atoms with Gasteiger partial charge in [-0.3, -0.25) is 9.59 Å². The summed E-state index contributed by atoms with van der Waals surface area (Å²) in [5.41, 5.74) is 2.65. The van der Waals surface area contributed by atoms with Crippen LogP contribution >= 0.6 is 11.6 Å². The van der Waals surface area contributed by atoms with Crippen LogP contribution in [0.25, 0.3) is 0 Å². The van der Waals surface area contributed by atoms with Crippen molar-refractivity contribution in [1.82, 2.24) is 4.90 Å². The van der Waals surface area contributed by atoms with Crippen LogP contribution in [-0.2, 0) is 9.59 Å². The SMILES string of the molecule is CC(C)c1ccc(NCC(=O)N(C)CC(=O)Nc2ccccc2Cl)cc1. The molecular weight excluding hydrogens is 350 g/mol. The van der Waals surface area contributed by atoms with E-state index in [1.807, 2.05) is 24.3 Å². The van der Waals surface area contributed by atoms with Crippen LogP contribution < -0.4 is 10.6 Å². The summed E-state index contributed by atoms with van der Waals surface area (Å²) in [5.74, 6) is -0.00377. The van der Waals surface area contributed by atoms with Crippen molar-refractivity contribution in [2.45, 2.75) is 19.8 Å². The van der Waals surface area contributed by atoms with Crippen molar-refractivity contribution in [2.75, 3.05) is 30.8 Å². The number of hydrogen-bond acceptors (Lipinski definition) is 3. The van der Waals surface area contributed by atoms with Gasteiger partial charge in [-0.1, -0.05) is 49.7 Å². The van der Waals surface area contributed by atoms with E-state index in [1.165, 1.54) is 10.5 Å². The van der Waals surface area contributed by atoms with Crippen LogP contribution in [-0.4, -0.2) is 36.9 Å². The number of para-hydroxylation sites is 1. The fourth-order valence-corrected chi connectivity index (χ4v) is 2.54. The summed E-state index contributed by atoms with van der Waals surface area (Å²) in [6.07, 6.45) is 0. The Kier molecular flexibility index (Phi) is 7.04. The van der Waals surface area contributed by atoms with Crippen LogP contribution in [0.2, 0.25) is 5.02 Å². The second kappa shape index (κ2) is 9.25. The standard InChI is InChI=1S/C20H24ClN3O2/c1-14(2)15-8-10-16(11-9-15)22-12-20(26)24(3)13-19(25)23-18-7-5-4-6-17(18)21/h4-11,14,22H,12-13H2,1-3H3,(H,23,25). The van der Waals surface area contributed by atoms with E-state index < -0.39 is 0 Å². The Labute approximate surface area is 159 Å². The van der Waals surface area contributed by atoms with Gasteiger partial charge in [-0.05, 0) is 35.7 Å². The molecule has 0 heterocycles. The molecule has 0 spiro atoms. The highest BCUT2D eigenvalue weighted by molar-refractivity contribution is 6.33. The van der Waals surface area contributed by atoms with Crippen molar-refractivity contribution in [3.05, 3.63) is 59.1 Å². The number of carbonyl (C=O) groups is 2. The van der Waals surface area contributed by atoms with Gasteiger partial charge < -0.3 is 15.5 Å². The highest BCUT2D eigenvalue weighted by Crippen LogP contribution is 2.20. The van der Waals surface area contributed by atoms with E-state index >= 15 is 0 Å². The first-order chi connectivity index (χ1) is 12.4. The Morgan fingerprint density at radius 1 is 1.08 bits per heavy atom. The minimum atomic E-state index is -0.296. The Balaban J connectivity index is 1.81. The molecule has 0 aliphatic rings. The number of halogens is 1. The van der Waals surface area contributed by atoms with E-state index in [9.17, 15) is 9.59 Å². The molecular formula is C20H24ClN3O2. The number of carbonyl (C=O) groups excluding carboxylic acids is 2. The molecule has 6 heteroatoms. The second-order valence-corrected chi connectivity index (χ2v) is 6.82. The zero-order valence-corrected chi connectivity index (χ0v) is 16.0. The van der Waals surface area contributed by atoms with E-state index in [0.29, 0.717) is 16.6 Å². The molecule has 0 radical (unpaired) electrons. The lowest BCUT2D eigenvalue weighted by Crippen LogP contribution is -2.38. The minimum Gasteiger partial charge on any atom is -0.376 e. The summed E-state index contributed by atoms with van der Waals surface area (Å²) < 4.78 is 0. The molecule has 5 nitrogen and oxygen atoms in total. The summed E-state index contributed by atoms with van der Waals surface area (Å²) in [5, 5.41) is 6.24. The van der Waals surface area contributed by atoms with Crippen molar-refractivity contribution < 1.29 is 9.59 Å². The quantitative estimate of drug-likeness (QED) is 0.771. The van der Waals surface area contributed by atoms with Gasteiger partial charge in [0.2, 0.25) is 11.8 Å². The fourth-order valence-electron chi connectivity index (χ4n) is 2.35. The summed E-state index contributed by atoms with van der Waals surface area (Å²) in [6.45, 7) is 4.35. The number of nitrogens with one attached hydrogen (secondary N) is 2. The number of nitrogens with zero attached hydrogens (tertiary/aromatic N) is 1.